The van der Waals surface area contributed by atoms with E-state index >= 15 is 0 Å². The fourth-order valence-corrected chi connectivity index (χ4v) is 3.64. The average Bonchev–Trinajstić information content (AvgIpc) is 3.29. The van der Waals surface area contributed by atoms with Crippen molar-refractivity contribution in [2.24, 2.45) is 0 Å². The topological polar surface area (TPSA) is 46.7 Å². The van der Waals surface area contributed by atoms with E-state index in [0.29, 0.717) is 24.9 Å². The van der Waals surface area contributed by atoms with Crippen molar-refractivity contribution in [1.82, 2.24) is 13.9 Å². The molecule has 0 spiro atoms. The van der Waals surface area contributed by atoms with Gasteiger partial charge in [0.25, 0.3) is 5.56 Å². The number of aromatic nitrogens is 2. The Bertz CT molecular complexity index is 948. The van der Waals surface area contributed by atoms with Gasteiger partial charge in [-0.25, -0.2) is 0 Å². The van der Waals surface area contributed by atoms with Crippen LogP contribution in [0.5, 0.6) is 0 Å². The van der Waals surface area contributed by atoms with Gasteiger partial charge in [0.05, 0.1) is 11.0 Å². The van der Waals surface area contributed by atoms with Crippen LogP contribution < -0.4 is 5.56 Å². The first-order valence-electron chi connectivity index (χ1n) is 8.62. The minimum Gasteiger partial charge on any atom is -0.343 e. The third-order valence-electron chi connectivity index (χ3n) is 4.88. The fraction of sp³-hybridized carbons (Fsp3) is 0.368. The van der Waals surface area contributed by atoms with Gasteiger partial charge >= 0.3 is 0 Å². The van der Waals surface area contributed by atoms with Crippen molar-refractivity contribution in [3.63, 3.8) is 0 Å². The van der Waals surface area contributed by atoms with E-state index in [0.717, 1.165) is 37.0 Å². The van der Waals surface area contributed by atoms with Gasteiger partial charge < -0.3 is 13.9 Å². The molecule has 2 aromatic heterocycles. The number of hydrogen-bond acceptors (Lipinski definition) is 2. The van der Waals surface area contributed by atoms with Crippen LogP contribution in [0.2, 0.25) is 0 Å². The summed E-state index contributed by atoms with van der Waals surface area (Å²) in [6, 6.07) is 11.7. The summed E-state index contributed by atoms with van der Waals surface area (Å²) in [5.74, 6) is 0.216. The highest BCUT2D eigenvalue weighted by Gasteiger charge is 2.17. The molecule has 1 aliphatic heterocycles. The maximum atomic E-state index is 12.8. The van der Waals surface area contributed by atoms with E-state index in [1.165, 1.54) is 0 Å². The largest absolute Gasteiger partial charge is 0.343 e. The minimum absolute atomic E-state index is 0.00678. The summed E-state index contributed by atoms with van der Waals surface area (Å²) in [6.45, 7) is 2.34. The SMILES string of the molecule is O=C(CCCn1c(=O)c2cccn2c2ccccc21)N1CCCC1. The second kappa shape index (κ2) is 6.15. The Morgan fingerprint density at radius 2 is 1.67 bits per heavy atom. The molecule has 0 atom stereocenters. The number of carbonyl (C=O) groups is 1. The molecule has 0 unspecified atom stereocenters. The number of amides is 1. The van der Waals surface area contributed by atoms with Gasteiger partial charge in [-0.2, -0.15) is 0 Å². The molecule has 3 aromatic rings. The first-order chi connectivity index (χ1) is 11.8. The van der Waals surface area contributed by atoms with Gasteiger partial charge in [-0.1, -0.05) is 12.1 Å². The number of hydrogen-bond donors (Lipinski definition) is 0. The highest BCUT2D eigenvalue weighted by Crippen LogP contribution is 2.16. The molecule has 0 radical (unpaired) electrons. The lowest BCUT2D eigenvalue weighted by Crippen LogP contribution is -2.28. The van der Waals surface area contributed by atoms with E-state index in [1.54, 1.807) is 0 Å². The maximum Gasteiger partial charge on any atom is 0.275 e. The summed E-state index contributed by atoms with van der Waals surface area (Å²) in [5.41, 5.74) is 2.62. The normalized spacial score (nSPS) is 14.8. The Labute approximate surface area is 140 Å². The zero-order valence-electron chi connectivity index (χ0n) is 13.6. The van der Waals surface area contributed by atoms with Crippen LogP contribution in [-0.4, -0.2) is 32.9 Å². The van der Waals surface area contributed by atoms with Gasteiger partial charge in [-0.05, 0) is 43.5 Å². The van der Waals surface area contributed by atoms with Crippen molar-refractivity contribution in [2.75, 3.05) is 13.1 Å². The van der Waals surface area contributed by atoms with Gasteiger partial charge in [0.2, 0.25) is 5.91 Å². The van der Waals surface area contributed by atoms with Crippen LogP contribution >= 0.6 is 0 Å². The van der Waals surface area contributed by atoms with E-state index < -0.39 is 0 Å². The quantitative estimate of drug-likeness (QED) is 0.741. The summed E-state index contributed by atoms with van der Waals surface area (Å²) in [7, 11) is 0. The Morgan fingerprint density at radius 3 is 2.46 bits per heavy atom. The van der Waals surface area contributed by atoms with Crippen LogP contribution in [0, 0.1) is 0 Å². The summed E-state index contributed by atoms with van der Waals surface area (Å²) >= 11 is 0. The van der Waals surface area contributed by atoms with E-state index in [4.69, 9.17) is 0 Å². The molecule has 0 bridgehead atoms. The van der Waals surface area contributed by atoms with Crippen LogP contribution in [0.3, 0.4) is 0 Å². The van der Waals surface area contributed by atoms with Crippen LogP contribution in [0.1, 0.15) is 25.7 Å². The summed E-state index contributed by atoms with van der Waals surface area (Å²) < 4.78 is 3.74. The molecule has 0 saturated carbocycles. The van der Waals surface area contributed by atoms with Crippen LogP contribution in [-0.2, 0) is 11.3 Å². The molecule has 1 aliphatic rings. The lowest BCUT2D eigenvalue weighted by Gasteiger charge is -2.16. The molecule has 24 heavy (non-hydrogen) atoms. The third-order valence-corrected chi connectivity index (χ3v) is 4.88. The molecule has 0 aliphatic carbocycles. The average molecular weight is 323 g/mol. The molecule has 5 heteroatoms. The molecule has 0 N–H and O–H groups in total. The number of benzene rings is 1. The van der Waals surface area contributed by atoms with Crippen LogP contribution in [0.15, 0.2) is 47.4 Å². The molecule has 5 nitrogen and oxygen atoms in total. The monoisotopic (exact) mass is 323 g/mol. The molecule has 1 saturated heterocycles. The zero-order valence-corrected chi connectivity index (χ0v) is 13.6. The highest BCUT2D eigenvalue weighted by molar-refractivity contribution is 5.79. The first kappa shape index (κ1) is 15.0. The van der Waals surface area contributed by atoms with Gasteiger partial charge in [-0.3, -0.25) is 9.59 Å². The molecule has 1 fully saturated rings. The first-order valence-corrected chi connectivity index (χ1v) is 8.62. The predicted molar refractivity (Wildman–Crippen MR) is 94.2 cm³/mol. The number of carbonyl (C=O) groups excluding carboxylic acids is 1. The van der Waals surface area contributed by atoms with Crippen molar-refractivity contribution in [3.8, 4) is 0 Å². The molecule has 124 valence electrons. The Kier molecular flexibility index (Phi) is 3.84. The Hall–Kier alpha value is -2.56. The number of fused-ring (bicyclic) bond motifs is 3. The molecule has 3 heterocycles. The smallest absolute Gasteiger partial charge is 0.275 e. The molecule has 1 amide bonds. The van der Waals surface area contributed by atoms with Crippen molar-refractivity contribution < 1.29 is 4.79 Å². The summed E-state index contributed by atoms with van der Waals surface area (Å²) in [5, 5.41) is 0. The van der Waals surface area contributed by atoms with Crippen molar-refractivity contribution in [2.45, 2.75) is 32.2 Å². The van der Waals surface area contributed by atoms with Gasteiger partial charge in [0.15, 0.2) is 0 Å². The van der Waals surface area contributed by atoms with Crippen molar-refractivity contribution in [3.05, 3.63) is 52.9 Å². The van der Waals surface area contributed by atoms with Crippen molar-refractivity contribution in [1.29, 1.82) is 0 Å². The van der Waals surface area contributed by atoms with Gasteiger partial charge in [0.1, 0.15) is 5.52 Å². The number of rotatable bonds is 4. The maximum absolute atomic E-state index is 12.8. The van der Waals surface area contributed by atoms with E-state index in [2.05, 4.69) is 0 Å². The fourth-order valence-electron chi connectivity index (χ4n) is 3.64. The molecule has 1 aromatic carbocycles. The third kappa shape index (κ3) is 2.50. The number of nitrogens with zero attached hydrogens (tertiary/aromatic N) is 3. The summed E-state index contributed by atoms with van der Waals surface area (Å²) in [6.07, 6.45) is 5.34. The number of para-hydroxylation sites is 2. The minimum atomic E-state index is 0.00678. The zero-order chi connectivity index (χ0) is 16.5. The van der Waals surface area contributed by atoms with Crippen LogP contribution in [0.25, 0.3) is 16.6 Å². The standard InChI is InChI=1S/C19H21N3O2/c23-18(20-11-3-4-12-20)10-6-14-22-16-8-2-1-7-15(16)21-13-5-9-17(21)19(22)24/h1-2,5,7-9,13H,3-4,6,10-12,14H2. The second-order valence-corrected chi connectivity index (χ2v) is 6.40. The van der Waals surface area contributed by atoms with Gasteiger partial charge in [0, 0.05) is 32.3 Å². The van der Waals surface area contributed by atoms with Crippen molar-refractivity contribution >= 4 is 22.5 Å². The van der Waals surface area contributed by atoms with E-state index in [1.807, 2.05) is 56.5 Å². The highest BCUT2D eigenvalue weighted by atomic mass is 16.2. The molecule has 4 rings (SSSR count). The number of aryl methyl sites for hydroxylation is 1. The van der Waals surface area contributed by atoms with Crippen LogP contribution in [0.4, 0.5) is 0 Å². The lowest BCUT2D eigenvalue weighted by molar-refractivity contribution is -0.130. The predicted octanol–water partition coefficient (Wildman–Crippen LogP) is 2.66. The number of likely N-dealkylation sites (tertiary alicyclic amines) is 1. The Balaban J connectivity index is 1.62. The molecular formula is C19H21N3O2. The van der Waals surface area contributed by atoms with E-state index in [-0.39, 0.29) is 11.5 Å². The van der Waals surface area contributed by atoms with Gasteiger partial charge in [-0.15, -0.1) is 0 Å². The second-order valence-electron chi connectivity index (χ2n) is 6.40. The molecular weight excluding hydrogens is 302 g/mol. The van der Waals surface area contributed by atoms with E-state index in [9.17, 15) is 9.59 Å². The lowest BCUT2D eigenvalue weighted by atomic mass is 10.2. The Morgan fingerprint density at radius 1 is 0.958 bits per heavy atom. The summed E-state index contributed by atoms with van der Waals surface area (Å²) in [4.78, 5) is 26.9.